The van der Waals surface area contributed by atoms with Crippen molar-refractivity contribution in [3.63, 3.8) is 0 Å². The zero-order valence-corrected chi connectivity index (χ0v) is 12.8. The summed E-state index contributed by atoms with van der Waals surface area (Å²) in [7, 11) is 0. The average Bonchev–Trinajstić information content (AvgIpc) is 3.20. The lowest BCUT2D eigenvalue weighted by Crippen LogP contribution is -2.32. The van der Waals surface area contributed by atoms with E-state index in [2.05, 4.69) is 23.7 Å². The summed E-state index contributed by atoms with van der Waals surface area (Å²) in [6, 6.07) is 11.4. The quantitative estimate of drug-likeness (QED) is 0.892. The molecule has 0 bridgehead atoms. The monoisotopic (exact) mass is 301 g/mol. The van der Waals surface area contributed by atoms with Gasteiger partial charge in [0.05, 0.1) is 12.6 Å². The summed E-state index contributed by atoms with van der Waals surface area (Å²) in [6.07, 6.45) is 0.917. The number of nitrogens with one attached hydrogen (secondary N) is 1. The maximum atomic E-state index is 12.3. The summed E-state index contributed by atoms with van der Waals surface area (Å²) in [6.45, 7) is 2.02. The summed E-state index contributed by atoms with van der Waals surface area (Å²) < 4.78 is 0. The van der Waals surface area contributed by atoms with E-state index in [0.29, 0.717) is 5.92 Å². The number of carbonyl (C=O) groups is 1. The lowest BCUT2D eigenvalue weighted by Gasteiger charge is -2.16. The molecule has 2 aromatic rings. The van der Waals surface area contributed by atoms with Crippen molar-refractivity contribution in [3.05, 3.63) is 57.8 Å². The number of aryl methyl sites for hydroxylation is 1. The van der Waals surface area contributed by atoms with Crippen LogP contribution in [-0.2, 0) is 4.79 Å². The van der Waals surface area contributed by atoms with Crippen LogP contribution in [-0.4, -0.2) is 17.6 Å². The Kier molecular flexibility index (Phi) is 4.08. The van der Waals surface area contributed by atoms with Gasteiger partial charge in [-0.05, 0) is 35.9 Å². The van der Waals surface area contributed by atoms with Crippen molar-refractivity contribution in [2.45, 2.75) is 25.3 Å². The average molecular weight is 301 g/mol. The molecule has 110 valence electrons. The first kappa shape index (κ1) is 14.3. The number of carbonyl (C=O) groups excluding carboxylic acids is 1. The second kappa shape index (κ2) is 6.00. The van der Waals surface area contributed by atoms with Crippen LogP contribution in [0.1, 0.15) is 34.4 Å². The Morgan fingerprint density at radius 3 is 2.76 bits per heavy atom. The Labute approximate surface area is 128 Å². The number of amides is 1. The van der Waals surface area contributed by atoms with Gasteiger partial charge in [0.2, 0.25) is 5.91 Å². The highest BCUT2D eigenvalue weighted by Crippen LogP contribution is 2.50. The molecule has 4 heteroatoms. The molecule has 1 amide bonds. The molecule has 0 aliphatic heterocycles. The molecular formula is C17H19NO2S. The second-order valence-corrected chi connectivity index (χ2v) is 6.52. The molecule has 0 radical (unpaired) electrons. The van der Waals surface area contributed by atoms with E-state index in [1.165, 1.54) is 10.4 Å². The summed E-state index contributed by atoms with van der Waals surface area (Å²) in [5.74, 6) is 0.468. The molecule has 0 spiro atoms. The fourth-order valence-corrected chi connectivity index (χ4v) is 3.85. The van der Waals surface area contributed by atoms with Crippen molar-refractivity contribution in [3.8, 4) is 0 Å². The van der Waals surface area contributed by atoms with Gasteiger partial charge in [-0.25, -0.2) is 0 Å². The first-order chi connectivity index (χ1) is 10.2. The molecule has 1 heterocycles. The lowest BCUT2D eigenvalue weighted by atomic mass is 10.1. The molecule has 1 aromatic heterocycles. The molecule has 3 nitrogen and oxygen atoms in total. The Morgan fingerprint density at radius 2 is 2.14 bits per heavy atom. The van der Waals surface area contributed by atoms with Crippen molar-refractivity contribution in [2.75, 3.05) is 6.61 Å². The maximum Gasteiger partial charge on any atom is 0.224 e. The highest BCUT2D eigenvalue weighted by Gasteiger charge is 2.45. The van der Waals surface area contributed by atoms with Crippen LogP contribution in [0.2, 0.25) is 0 Å². The predicted octanol–water partition coefficient (Wildman–Crippen LogP) is 3.01. The first-order valence-electron chi connectivity index (χ1n) is 7.21. The largest absolute Gasteiger partial charge is 0.394 e. The zero-order chi connectivity index (χ0) is 14.8. The standard InChI is InChI=1S/C17H19NO2S/c1-11-7-8-21-16(11)13-9-14(13)17(20)18-15(10-19)12-5-3-2-4-6-12/h2-8,13-15,19H,9-10H2,1H3,(H,18,20)/t13-,14-,15+/m1/s1. The van der Waals surface area contributed by atoms with Gasteiger partial charge in [0, 0.05) is 16.7 Å². The van der Waals surface area contributed by atoms with Gasteiger partial charge in [-0.1, -0.05) is 30.3 Å². The van der Waals surface area contributed by atoms with Gasteiger partial charge in [-0.15, -0.1) is 11.3 Å². The van der Waals surface area contributed by atoms with Crippen LogP contribution < -0.4 is 5.32 Å². The van der Waals surface area contributed by atoms with E-state index in [-0.39, 0.29) is 24.5 Å². The third-order valence-electron chi connectivity index (χ3n) is 4.07. The molecule has 3 rings (SSSR count). The Hall–Kier alpha value is -1.65. The highest BCUT2D eigenvalue weighted by atomic mass is 32.1. The Balaban J connectivity index is 1.63. The first-order valence-corrected chi connectivity index (χ1v) is 8.09. The third kappa shape index (κ3) is 3.01. The Morgan fingerprint density at radius 1 is 1.38 bits per heavy atom. The van der Waals surface area contributed by atoms with E-state index in [9.17, 15) is 9.90 Å². The number of benzene rings is 1. The second-order valence-electron chi connectivity index (χ2n) is 5.57. The summed E-state index contributed by atoms with van der Waals surface area (Å²) in [5.41, 5.74) is 2.22. The minimum Gasteiger partial charge on any atom is -0.394 e. The number of thiophene rings is 1. The zero-order valence-electron chi connectivity index (χ0n) is 12.0. The summed E-state index contributed by atoms with van der Waals surface area (Å²) in [5, 5.41) is 14.6. The van der Waals surface area contributed by atoms with Crippen LogP contribution in [0, 0.1) is 12.8 Å². The maximum absolute atomic E-state index is 12.3. The van der Waals surface area contributed by atoms with E-state index in [1.807, 2.05) is 30.3 Å². The number of hydrogen-bond acceptors (Lipinski definition) is 3. The van der Waals surface area contributed by atoms with Crippen molar-refractivity contribution in [1.82, 2.24) is 5.32 Å². The van der Waals surface area contributed by atoms with E-state index in [1.54, 1.807) is 11.3 Å². The normalized spacial score (nSPS) is 21.8. The lowest BCUT2D eigenvalue weighted by molar-refractivity contribution is -0.123. The molecule has 2 N–H and O–H groups in total. The topological polar surface area (TPSA) is 49.3 Å². The summed E-state index contributed by atoms with van der Waals surface area (Å²) in [4.78, 5) is 13.7. The minimum absolute atomic E-state index is 0.0516. The highest BCUT2D eigenvalue weighted by molar-refractivity contribution is 7.10. The number of aliphatic hydroxyl groups excluding tert-OH is 1. The third-order valence-corrected chi connectivity index (χ3v) is 5.22. The van der Waals surface area contributed by atoms with Crippen LogP contribution >= 0.6 is 11.3 Å². The van der Waals surface area contributed by atoms with Gasteiger partial charge in [0.25, 0.3) is 0 Å². The number of aliphatic hydroxyl groups is 1. The molecule has 1 aliphatic carbocycles. The molecule has 0 saturated heterocycles. The molecule has 0 unspecified atom stereocenters. The smallest absolute Gasteiger partial charge is 0.224 e. The Bertz CT molecular complexity index is 623. The minimum atomic E-state index is -0.315. The van der Waals surface area contributed by atoms with Crippen LogP contribution in [0.5, 0.6) is 0 Å². The van der Waals surface area contributed by atoms with Crippen LogP contribution in [0.3, 0.4) is 0 Å². The van der Waals surface area contributed by atoms with Crippen LogP contribution in [0.4, 0.5) is 0 Å². The van der Waals surface area contributed by atoms with Crippen LogP contribution in [0.25, 0.3) is 0 Å². The SMILES string of the molecule is Cc1ccsc1[C@@H]1C[C@H]1C(=O)N[C@@H](CO)c1ccccc1. The van der Waals surface area contributed by atoms with Gasteiger partial charge in [0.1, 0.15) is 0 Å². The fourth-order valence-electron chi connectivity index (χ4n) is 2.74. The van der Waals surface area contributed by atoms with Gasteiger partial charge >= 0.3 is 0 Å². The van der Waals surface area contributed by atoms with E-state index in [4.69, 9.17) is 0 Å². The van der Waals surface area contributed by atoms with Crippen molar-refractivity contribution >= 4 is 17.2 Å². The van der Waals surface area contributed by atoms with Gasteiger partial charge in [0.15, 0.2) is 0 Å². The van der Waals surface area contributed by atoms with Gasteiger partial charge in [-0.2, -0.15) is 0 Å². The van der Waals surface area contributed by atoms with E-state index in [0.717, 1.165) is 12.0 Å². The summed E-state index contributed by atoms with van der Waals surface area (Å²) >= 11 is 1.73. The number of hydrogen-bond donors (Lipinski definition) is 2. The van der Waals surface area contributed by atoms with Crippen molar-refractivity contribution in [2.24, 2.45) is 5.92 Å². The number of rotatable bonds is 5. The molecule has 3 atom stereocenters. The molecule has 1 aliphatic rings. The van der Waals surface area contributed by atoms with E-state index >= 15 is 0 Å². The molecule has 1 aromatic carbocycles. The molecule has 1 saturated carbocycles. The fraction of sp³-hybridized carbons (Fsp3) is 0.353. The van der Waals surface area contributed by atoms with Gasteiger partial charge < -0.3 is 10.4 Å². The molecule has 21 heavy (non-hydrogen) atoms. The van der Waals surface area contributed by atoms with Gasteiger partial charge in [-0.3, -0.25) is 4.79 Å². The van der Waals surface area contributed by atoms with Crippen molar-refractivity contribution < 1.29 is 9.90 Å². The molecular weight excluding hydrogens is 282 g/mol. The van der Waals surface area contributed by atoms with E-state index < -0.39 is 0 Å². The van der Waals surface area contributed by atoms with Crippen LogP contribution in [0.15, 0.2) is 41.8 Å². The molecule has 1 fully saturated rings. The van der Waals surface area contributed by atoms with Crippen molar-refractivity contribution in [1.29, 1.82) is 0 Å². The predicted molar refractivity (Wildman–Crippen MR) is 84.3 cm³/mol.